The molecule has 0 aromatic rings. The van der Waals surface area contributed by atoms with Crippen LogP contribution in [0.25, 0.3) is 0 Å². The lowest BCUT2D eigenvalue weighted by atomic mass is 9.76. The summed E-state index contributed by atoms with van der Waals surface area (Å²) in [5.74, 6) is 0.737. The third-order valence-corrected chi connectivity index (χ3v) is 5.22. The fourth-order valence-corrected chi connectivity index (χ4v) is 4.17. The first-order valence-electron chi connectivity index (χ1n) is 7.38. The molecule has 3 heteroatoms. The first-order valence-corrected chi connectivity index (χ1v) is 7.38. The summed E-state index contributed by atoms with van der Waals surface area (Å²) in [5, 5.41) is 7.00. The van der Waals surface area contributed by atoms with Gasteiger partial charge in [-0.05, 0) is 51.0 Å². The van der Waals surface area contributed by atoms with Crippen LogP contribution in [0.3, 0.4) is 0 Å². The summed E-state index contributed by atoms with van der Waals surface area (Å²) >= 11 is 0. The van der Waals surface area contributed by atoms with Crippen molar-refractivity contribution in [1.29, 1.82) is 0 Å². The van der Waals surface area contributed by atoms with Crippen molar-refractivity contribution in [3.8, 4) is 0 Å². The van der Waals surface area contributed by atoms with Crippen LogP contribution in [-0.4, -0.2) is 30.3 Å². The highest BCUT2D eigenvalue weighted by Gasteiger charge is 2.49. The minimum Gasteiger partial charge on any atom is -0.311 e. The van der Waals surface area contributed by atoms with Gasteiger partial charge in [-0.25, -0.2) is 4.39 Å². The number of fused-ring (bicyclic) bond motifs is 2. The smallest absolute Gasteiger partial charge is 0.129 e. The summed E-state index contributed by atoms with van der Waals surface area (Å²) in [6.45, 7) is 3.25. The van der Waals surface area contributed by atoms with E-state index >= 15 is 4.39 Å². The second-order valence-corrected chi connectivity index (χ2v) is 6.39. The highest BCUT2D eigenvalue weighted by atomic mass is 19.1. The maximum absolute atomic E-state index is 15.2. The van der Waals surface area contributed by atoms with E-state index in [2.05, 4.69) is 17.6 Å². The summed E-state index contributed by atoms with van der Waals surface area (Å²) < 4.78 is 15.2. The van der Waals surface area contributed by atoms with Gasteiger partial charge in [0.05, 0.1) is 0 Å². The molecule has 98 valence electrons. The molecule has 17 heavy (non-hydrogen) atoms. The van der Waals surface area contributed by atoms with Crippen LogP contribution in [0.1, 0.15) is 51.9 Å². The molecule has 3 heterocycles. The fraction of sp³-hybridized carbons (Fsp3) is 1.00. The Morgan fingerprint density at radius 1 is 1.18 bits per heavy atom. The number of hydrogen-bond acceptors (Lipinski definition) is 2. The summed E-state index contributed by atoms with van der Waals surface area (Å²) in [5.41, 5.74) is -0.940. The van der Waals surface area contributed by atoms with Crippen LogP contribution >= 0.6 is 0 Å². The van der Waals surface area contributed by atoms with Gasteiger partial charge in [-0.15, -0.1) is 0 Å². The van der Waals surface area contributed by atoms with Gasteiger partial charge in [-0.3, -0.25) is 0 Å². The van der Waals surface area contributed by atoms with E-state index in [1.54, 1.807) is 0 Å². The molecule has 3 saturated heterocycles. The Hall–Kier alpha value is -0.150. The zero-order valence-electron chi connectivity index (χ0n) is 10.8. The third-order valence-electron chi connectivity index (χ3n) is 5.22. The normalized spacial score (nSPS) is 50.5. The third kappa shape index (κ3) is 2.24. The molecule has 0 aromatic carbocycles. The first-order chi connectivity index (χ1) is 8.19. The van der Waals surface area contributed by atoms with E-state index in [9.17, 15) is 0 Å². The molecule has 2 bridgehead atoms. The van der Waals surface area contributed by atoms with E-state index in [4.69, 9.17) is 0 Å². The molecule has 3 fully saturated rings. The quantitative estimate of drug-likeness (QED) is 0.774. The van der Waals surface area contributed by atoms with E-state index in [1.165, 1.54) is 25.7 Å². The zero-order valence-corrected chi connectivity index (χ0v) is 10.8. The molecule has 4 unspecified atom stereocenters. The second kappa shape index (κ2) is 4.51. The van der Waals surface area contributed by atoms with Crippen molar-refractivity contribution >= 4 is 0 Å². The van der Waals surface area contributed by atoms with Crippen LogP contribution in [0.5, 0.6) is 0 Å². The van der Waals surface area contributed by atoms with Crippen LogP contribution in [0.15, 0.2) is 0 Å². The maximum Gasteiger partial charge on any atom is 0.129 e. The number of rotatable bonds is 2. The van der Waals surface area contributed by atoms with Crippen molar-refractivity contribution in [3.63, 3.8) is 0 Å². The number of halogens is 1. The van der Waals surface area contributed by atoms with E-state index in [1.807, 2.05) is 0 Å². The van der Waals surface area contributed by atoms with Crippen LogP contribution in [0.4, 0.5) is 4.39 Å². The number of alkyl halides is 1. The number of piperidine rings is 2. The molecule has 0 radical (unpaired) electrons. The monoisotopic (exact) mass is 240 g/mol. The highest BCUT2D eigenvalue weighted by Crippen LogP contribution is 2.41. The Labute approximate surface area is 104 Å². The van der Waals surface area contributed by atoms with Crippen molar-refractivity contribution in [2.75, 3.05) is 6.54 Å². The van der Waals surface area contributed by atoms with Crippen LogP contribution in [0.2, 0.25) is 0 Å². The Morgan fingerprint density at radius 2 is 1.88 bits per heavy atom. The molecule has 3 aliphatic rings. The average molecular weight is 240 g/mol. The van der Waals surface area contributed by atoms with Gasteiger partial charge in [0.2, 0.25) is 0 Å². The number of hydrogen-bond donors (Lipinski definition) is 2. The topological polar surface area (TPSA) is 24.1 Å². The van der Waals surface area contributed by atoms with E-state index in [0.29, 0.717) is 12.1 Å². The minimum absolute atomic E-state index is 0.117. The van der Waals surface area contributed by atoms with Gasteiger partial charge in [0.1, 0.15) is 5.67 Å². The maximum atomic E-state index is 15.2. The lowest BCUT2D eigenvalue weighted by Gasteiger charge is -2.44. The molecule has 3 rings (SSSR count). The lowest BCUT2D eigenvalue weighted by Crippen LogP contribution is -2.58. The van der Waals surface area contributed by atoms with Gasteiger partial charge in [0.25, 0.3) is 0 Å². The van der Waals surface area contributed by atoms with Crippen LogP contribution in [-0.2, 0) is 0 Å². The molecule has 0 saturated carbocycles. The largest absolute Gasteiger partial charge is 0.311 e. The Balaban J connectivity index is 1.69. The summed E-state index contributed by atoms with van der Waals surface area (Å²) in [4.78, 5) is 0. The van der Waals surface area contributed by atoms with Gasteiger partial charge in [0, 0.05) is 18.1 Å². The molecule has 4 atom stereocenters. The fourth-order valence-electron chi connectivity index (χ4n) is 4.17. The summed E-state index contributed by atoms with van der Waals surface area (Å²) in [6, 6.07) is 1.01. The molecule has 0 aromatic heterocycles. The lowest BCUT2D eigenvalue weighted by molar-refractivity contribution is 0.0255. The van der Waals surface area contributed by atoms with E-state index in [-0.39, 0.29) is 6.04 Å². The molecule has 3 aliphatic heterocycles. The van der Waals surface area contributed by atoms with Crippen LogP contribution in [0, 0.1) is 5.92 Å². The first kappa shape index (κ1) is 11.9. The highest BCUT2D eigenvalue weighted by molar-refractivity contribution is 5.06. The standard InChI is InChI=1S/C14H25FN2/c1-2-10-5-6-16-13(7-10)14(15)8-11-3-4-12(9-14)17-11/h10-13,16-17H,2-9H2,1H3. The van der Waals surface area contributed by atoms with Gasteiger partial charge in [-0.2, -0.15) is 0 Å². The van der Waals surface area contributed by atoms with Crippen molar-refractivity contribution in [2.45, 2.75) is 75.7 Å². The van der Waals surface area contributed by atoms with E-state index in [0.717, 1.165) is 31.7 Å². The Morgan fingerprint density at radius 3 is 2.53 bits per heavy atom. The Kier molecular flexibility index (Phi) is 3.16. The molecular weight excluding hydrogens is 215 g/mol. The van der Waals surface area contributed by atoms with Gasteiger partial charge in [-0.1, -0.05) is 13.3 Å². The average Bonchev–Trinajstić information content (AvgIpc) is 2.69. The molecule has 2 nitrogen and oxygen atoms in total. The van der Waals surface area contributed by atoms with E-state index < -0.39 is 5.67 Å². The van der Waals surface area contributed by atoms with Gasteiger partial charge >= 0.3 is 0 Å². The minimum atomic E-state index is -0.940. The van der Waals surface area contributed by atoms with Gasteiger partial charge < -0.3 is 10.6 Å². The van der Waals surface area contributed by atoms with Crippen molar-refractivity contribution in [2.24, 2.45) is 5.92 Å². The van der Waals surface area contributed by atoms with Crippen molar-refractivity contribution in [1.82, 2.24) is 10.6 Å². The van der Waals surface area contributed by atoms with Crippen LogP contribution < -0.4 is 10.6 Å². The molecule has 0 aliphatic carbocycles. The molecule has 0 spiro atoms. The Bertz CT molecular complexity index is 269. The second-order valence-electron chi connectivity index (χ2n) is 6.39. The summed E-state index contributed by atoms with van der Waals surface area (Å²) in [7, 11) is 0. The predicted molar refractivity (Wildman–Crippen MR) is 67.8 cm³/mol. The molecular formula is C14H25FN2. The van der Waals surface area contributed by atoms with Crippen molar-refractivity contribution < 1.29 is 4.39 Å². The predicted octanol–water partition coefficient (Wildman–Crippen LogP) is 2.39. The summed E-state index contributed by atoms with van der Waals surface area (Å²) in [6.07, 6.45) is 7.32. The molecule has 2 N–H and O–H groups in total. The molecule has 0 amide bonds. The SMILES string of the molecule is CCC1CCNC(C2(F)CC3CCC(C2)N3)C1. The van der Waals surface area contributed by atoms with Crippen molar-refractivity contribution in [3.05, 3.63) is 0 Å². The number of nitrogens with one attached hydrogen (secondary N) is 2. The zero-order chi connectivity index (χ0) is 11.9. The van der Waals surface area contributed by atoms with Gasteiger partial charge in [0.15, 0.2) is 0 Å².